The topological polar surface area (TPSA) is 72.7 Å². The number of aromatic nitrogens is 4. The number of carbonyl (C=O) groups is 1. The number of benzene rings is 1. The van der Waals surface area contributed by atoms with E-state index in [1.54, 1.807) is 4.68 Å². The fourth-order valence-corrected chi connectivity index (χ4v) is 3.69. The third-order valence-electron chi connectivity index (χ3n) is 4.39. The molecule has 0 amide bonds. The van der Waals surface area contributed by atoms with Crippen LogP contribution < -0.4 is 5.32 Å². The van der Waals surface area contributed by atoms with Gasteiger partial charge in [-0.2, -0.15) is 4.68 Å². The largest absolute Gasteiger partial charge is 0.326 e. The van der Waals surface area contributed by atoms with Crippen molar-refractivity contribution in [3.8, 4) is 0 Å². The lowest BCUT2D eigenvalue weighted by atomic mass is 9.73. The number of anilines is 1. The molecule has 118 valence electrons. The molecule has 7 heteroatoms. The summed E-state index contributed by atoms with van der Waals surface area (Å²) in [5.74, 6) is 0.661. The van der Waals surface area contributed by atoms with Crippen LogP contribution in [0.4, 0.5) is 5.95 Å². The van der Waals surface area contributed by atoms with E-state index in [0.29, 0.717) is 17.4 Å². The maximum atomic E-state index is 12.8. The first-order valence-corrected chi connectivity index (χ1v) is 7.90. The van der Waals surface area contributed by atoms with Gasteiger partial charge in [-0.25, -0.2) is 0 Å². The Balaban J connectivity index is 1.94. The van der Waals surface area contributed by atoms with Gasteiger partial charge in [-0.1, -0.05) is 48.7 Å². The van der Waals surface area contributed by atoms with E-state index in [9.17, 15) is 4.79 Å². The average Bonchev–Trinajstić information content (AvgIpc) is 2.92. The van der Waals surface area contributed by atoms with Gasteiger partial charge in [0.05, 0.1) is 0 Å². The zero-order valence-electron chi connectivity index (χ0n) is 12.9. The van der Waals surface area contributed by atoms with E-state index in [0.717, 1.165) is 23.3 Å². The molecule has 1 aromatic heterocycles. The molecule has 2 aliphatic rings. The highest BCUT2D eigenvalue weighted by Crippen LogP contribution is 2.45. The maximum absolute atomic E-state index is 12.8. The van der Waals surface area contributed by atoms with Crippen LogP contribution in [0.3, 0.4) is 0 Å². The van der Waals surface area contributed by atoms with Gasteiger partial charge in [0, 0.05) is 28.3 Å². The number of hydrogen-bond acceptors (Lipinski definition) is 5. The van der Waals surface area contributed by atoms with Crippen molar-refractivity contribution in [2.45, 2.75) is 32.7 Å². The van der Waals surface area contributed by atoms with E-state index >= 15 is 0 Å². The number of fused-ring (bicyclic) bond motifs is 1. The number of carbonyl (C=O) groups excluding carboxylic acids is 1. The Bertz CT molecular complexity index is 839. The van der Waals surface area contributed by atoms with Gasteiger partial charge in [-0.3, -0.25) is 4.79 Å². The van der Waals surface area contributed by atoms with E-state index in [1.807, 2.05) is 24.3 Å². The van der Waals surface area contributed by atoms with Crippen molar-refractivity contribution in [1.82, 2.24) is 20.2 Å². The molecule has 0 fully saturated rings. The molecule has 0 saturated heterocycles. The van der Waals surface area contributed by atoms with Crippen molar-refractivity contribution in [2.24, 2.45) is 5.41 Å². The molecule has 1 aliphatic heterocycles. The molecule has 0 radical (unpaired) electrons. The highest BCUT2D eigenvalue weighted by atomic mass is 35.5. The van der Waals surface area contributed by atoms with Crippen molar-refractivity contribution in [3.63, 3.8) is 0 Å². The number of Topliss-reactive ketones (excluding diaryl/α,β-unsaturated/α-hetero) is 1. The molecule has 0 saturated carbocycles. The van der Waals surface area contributed by atoms with Crippen LogP contribution in [0.25, 0.3) is 0 Å². The number of nitrogens with one attached hydrogen (secondary N) is 1. The lowest BCUT2D eigenvalue weighted by Crippen LogP contribution is -2.36. The molecule has 1 N–H and O–H groups in total. The Labute approximate surface area is 138 Å². The van der Waals surface area contributed by atoms with Crippen molar-refractivity contribution in [1.29, 1.82) is 0 Å². The summed E-state index contributed by atoms with van der Waals surface area (Å²) in [6.45, 7) is 4.19. The zero-order valence-corrected chi connectivity index (χ0v) is 13.6. The zero-order chi connectivity index (χ0) is 16.2. The SMILES string of the molecule is CC1(C)CC(=O)C2=C(C1)Nc1nnnn1[C@H]2c1ccccc1Cl. The van der Waals surface area contributed by atoms with E-state index in [2.05, 4.69) is 34.7 Å². The Hall–Kier alpha value is -2.21. The number of hydrogen-bond donors (Lipinski definition) is 1. The molecule has 6 nitrogen and oxygen atoms in total. The Morgan fingerprint density at radius 1 is 1.30 bits per heavy atom. The summed E-state index contributed by atoms with van der Waals surface area (Å²) < 4.78 is 1.64. The van der Waals surface area contributed by atoms with Crippen molar-refractivity contribution < 1.29 is 4.79 Å². The Morgan fingerprint density at radius 2 is 2.09 bits per heavy atom. The molecule has 0 spiro atoms. The predicted molar refractivity (Wildman–Crippen MR) is 86.1 cm³/mol. The van der Waals surface area contributed by atoms with Crippen LogP contribution >= 0.6 is 11.6 Å². The predicted octanol–water partition coefficient (Wildman–Crippen LogP) is 2.98. The monoisotopic (exact) mass is 329 g/mol. The van der Waals surface area contributed by atoms with Crippen LogP contribution in [-0.4, -0.2) is 26.0 Å². The summed E-state index contributed by atoms with van der Waals surface area (Å²) >= 11 is 6.39. The molecule has 2 aromatic rings. The average molecular weight is 330 g/mol. The smallest absolute Gasteiger partial charge is 0.248 e. The third-order valence-corrected chi connectivity index (χ3v) is 4.74. The highest BCUT2D eigenvalue weighted by Gasteiger charge is 2.42. The second-order valence-corrected chi connectivity index (χ2v) is 7.24. The van der Waals surface area contributed by atoms with Gasteiger partial charge < -0.3 is 5.32 Å². The summed E-state index contributed by atoms with van der Waals surface area (Å²) in [5, 5.41) is 15.7. The second kappa shape index (κ2) is 4.89. The van der Waals surface area contributed by atoms with E-state index in [-0.39, 0.29) is 17.2 Å². The van der Waals surface area contributed by atoms with E-state index in [4.69, 9.17) is 11.6 Å². The number of ketones is 1. The van der Waals surface area contributed by atoms with E-state index < -0.39 is 0 Å². The first-order chi connectivity index (χ1) is 11.0. The van der Waals surface area contributed by atoms with Gasteiger partial charge in [-0.05, 0) is 28.3 Å². The number of nitrogens with zero attached hydrogens (tertiary/aromatic N) is 4. The fourth-order valence-electron chi connectivity index (χ4n) is 3.45. The molecule has 23 heavy (non-hydrogen) atoms. The lowest BCUT2D eigenvalue weighted by molar-refractivity contribution is -0.118. The summed E-state index contributed by atoms with van der Waals surface area (Å²) in [7, 11) is 0. The summed E-state index contributed by atoms with van der Waals surface area (Å²) in [6.07, 6.45) is 1.29. The van der Waals surface area contributed by atoms with Crippen LogP contribution in [-0.2, 0) is 4.79 Å². The number of rotatable bonds is 1. The van der Waals surface area contributed by atoms with Gasteiger partial charge in [0.1, 0.15) is 6.04 Å². The van der Waals surface area contributed by atoms with Gasteiger partial charge in [0.15, 0.2) is 5.78 Å². The lowest BCUT2D eigenvalue weighted by Gasteiger charge is -2.38. The molecule has 0 unspecified atom stereocenters. The molecule has 0 bridgehead atoms. The minimum atomic E-state index is -0.381. The molecule has 1 aliphatic carbocycles. The molecule has 2 heterocycles. The third kappa shape index (κ3) is 2.25. The molecule has 1 atom stereocenters. The number of halogens is 1. The van der Waals surface area contributed by atoms with Crippen LogP contribution in [0.1, 0.15) is 38.3 Å². The first-order valence-electron chi connectivity index (χ1n) is 7.52. The quantitative estimate of drug-likeness (QED) is 0.870. The van der Waals surface area contributed by atoms with Gasteiger partial charge in [0.2, 0.25) is 5.95 Å². The molecule has 4 rings (SSSR count). The minimum Gasteiger partial charge on any atom is -0.326 e. The number of tetrazole rings is 1. The van der Waals surface area contributed by atoms with Crippen molar-refractivity contribution >= 4 is 23.3 Å². The highest BCUT2D eigenvalue weighted by molar-refractivity contribution is 6.31. The van der Waals surface area contributed by atoms with Crippen LogP contribution in [0.15, 0.2) is 35.5 Å². The Morgan fingerprint density at radius 3 is 2.87 bits per heavy atom. The normalized spacial score (nSPS) is 22.4. The molecular weight excluding hydrogens is 314 g/mol. The fraction of sp³-hybridized carbons (Fsp3) is 0.375. The Kier molecular flexibility index (Phi) is 3.06. The minimum absolute atomic E-state index is 0.0798. The molecular formula is C16H16ClN5O. The summed E-state index contributed by atoms with van der Waals surface area (Å²) in [6, 6.07) is 7.13. The van der Waals surface area contributed by atoms with Crippen LogP contribution in [0.5, 0.6) is 0 Å². The summed E-state index contributed by atoms with van der Waals surface area (Å²) in [4.78, 5) is 12.8. The van der Waals surface area contributed by atoms with Gasteiger partial charge >= 0.3 is 0 Å². The summed E-state index contributed by atoms with van der Waals surface area (Å²) in [5.41, 5.74) is 2.38. The van der Waals surface area contributed by atoms with Gasteiger partial charge in [-0.15, -0.1) is 0 Å². The maximum Gasteiger partial charge on any atom is 0.248 e. The first kappa shape index (κ1) is 14.4. The van der Waals surface area contributed by atoms with Crippen LogP contribution in [0.2, 0.25) is 5.02 Å². The standard InChI is InChI=1S/C16H16ClN5O/c1-16(2)7-11-13(12(23)8-16)14(9-5-3-4-6-10(9)17)22-15(18-11)19-20-21-22/h3-6,14H,7-8H2,1-2H3,(H,18,19,21)/t14-/m0/s1. The number of allylic oxidation sites excluding steroid dienone is 2. The second-order valence-electron chi connectivity index (χ2n) is 6.83. The molecule has 1 aromatic carbocycles. The van der Waals surface area contributed by atoms with Crippen molar-refractivity contribution in [2.75, 3.05) is 5.32 Å². The van der Waals surface area contributed by atoms with Gasteiger partial charge in [0.25, 0.3) is 0 Å². The van der Waals surface area contributed by atoms with Crippen LogP contribution in [0, 0.1) is 5.41 Å². The van der Waals surface area contributed by atoms with E-state index in [1.165, 1.54) is 0 Å². The van der Waals surface area contributed by atoms with Crippen molar-refractivity contribution in [3.05, 3.63) is 46.1 Å².